The highest BCUT2D eigenvalue weighted by Crippen LogP contribution is 2.18. The topological polar surface area (TPSA) is 69.6 Å². The molecule has 0 rings (SSSR count). The highest BCUT2D eigenvalue weighted by atomic mass is 16.3. The van der Waals surface area contributed by atoms with Crippen LogP contribution in [0.1, 0.15) is 367 Å². The average Bonchev–Trinajstić information content (AvgIpc) is 3.40. The minimum absolute atomic E-state index is 0.0569. The maximum absolute atomic E-state index is 12.5. The summed E-state index contributed by atoms with van der Waals surface area (Å²) >= 11 is 0. The lowest BCUT2D eigenvalue weighted by Crippen LogP contribution is -2.45. The number of rotatable bonds is 62. The molecule has 4 heteroatoms. The smallest absolute Gasteiger partial charge is 0.220 e. The van der Waals surface area contributed by atoms with E-state index in [1.807, 2.05) is 6.08 Å². The Balaban J connectivity index is 3.43. The normalized spacial score (nSPS) is 13.0. The molecule has 2 atom stereocenters. The summed E-state index contributed by atoms with van der Waals surface area (Å²) in [5, 5.41) is 23.3. The van der Waals surface area contributed by atoms with Crippen molar-refractivity contribution in [3.63, 3.8) is 0 Å². The quantitative estimate of drug-likeness (QED) is 0.0420. The Kier molecular flexibility index (Phi) is 63.2. The van der Waals surface area contributed by atoms with Crippen LogP contribution >= 0.6 is 0 Å². The summed E-state index contributed by atoms with van der Waals surface area (Å²) in [6, 6.07) is -0.622. The molecule has 0 saturated heterocycles. The minimum atomic E-state index is -0.840. The summed E-state index contributed by atoms with van der Waals surface area (Å²) in [4.78, 5) is 12.5. The van der Waals surface area contributed by atoms with Gasteiger partial charge in [-0.1, -0.05) is 351 Å². The summed E-state index contributed by atoms with van der Waals surface area (Å²) in [6.45, 7) is 4.34. The Morgan fingerprint density at radius 1 is 0.329 bits per heavy atom. The van der Waals surface area contributed by atoms with Gasteiger partial charge in [0.05, 0.1) is 18.8 Å². The van der Waals surface area contributed by atoms with E-state index in [-0.39, 0.29) is 12.5 Å². The zero-order valence-corrected chi connectivity index (χ0v) is 49.7. The molecule has 2 unspecified atom stereocenters. The Hall–Kier alpha value is -1.65. The zero-order valence-electron chi connectivity index (χ0n) is 49.7. The first-order valence-electron chi connectivity index (χ1n) is 33.4. The SMILES string of the molecule is CCCCCCC/C=C\C/C=C\C/C=C\CCCCCCCCCCCCCCCCCCCCCCCCC(=O)NC(CO)C(O)/C=C/CCCCCCCCCCCCCCCCCCCCCCCC. The van der Waals surface area contributed by atoms with Crippen LogP contribution in [0.2, 0.25) is 0 Å². The molecule has 0 aromatic rings. The Bertz CT molecular complexity index is 1160. The van der Waals surface area contributed by atoms with Crippen LogP contribution in [0.15, 0.2) is 48.6 Å². The van der Waals surface area contributed by atoms with E-state index in [2.05, 4.69) is 55.6 Å². The van der Waals surface area contributed by atoms with Crippen molar-refractivity contribution in [3.05, 3.63) is 48.6 Å². The number of hydrogen-bond acceptors (Lipinski definition) is 3. The van der Waals surface area contributed by atoms with Gasteiger partial charge in [0, 0.05) is 6.42 Å². The lowest BCUT2D eigenvalue weighted by atomic mass is 10.0. The molecule has 0 heterocycles. The Morgan fingerprint density at radius 3 is 0.836 bits per heavy atom. The van der Waals surface area contributed by atoms with E-state index in [0.29, 0.717) is 6.42 Å². The van der Waals surface area contributed by atoms with Crippen LogP contribution in [0.5, 0.6) is 0 Å². The third kappa shape index (κ3) is 61.1. The van der Waals surface area contributed by atoms with Gasteiger partial charge in [-0.05, 0) is 57.8 Å². The van der Waals surface area contributed by atoms with Crippen molar-refractivity contribution in [3.8, 4) is 0 Å². The van der Waals surface area contributed by atoms with Gasteiger partial charge in [-0.15, -0.1) is 0 Å². The molecule has 0 fully saturated rings. The number of allylic oxidation sites excluding steroid dienone is 7. The third-order valence-corrected chi connectivity index (χ3v) is 15.6. The molecule has 0 bridgehead atoms. The molecule has 0 radical (unpaired) electrons. The van der Waals surface area contributed by atoms with Crippen molar-refractivity contribution in [1.29, 1.82) is 0 Å². The Morgan fingerprint density at radius 2 is 0.562 bits per heavy atom. The Labute approximate surface area is 458 Å². The van der Waals surface area contributed by atoms with E-state index in [0.717, 1.165) is 38.5 Å². The molecule has 0 aliphatic heterocycles. The van der Waals surface area contributed by atoms with Gasteiger partial charge in [-0.3, -0.25) is 4.79 Å². The summed E-state index contributed by atoms with van der Waals surface area (Å²) in [6.07, 6.45) is 90.4. The van der Waals surface area contributed by atoms with Crippen LogP contribution in [0.25, 0.3) is 0 Å². The fourth-order valence-electron chi connectivity index (χ4n) is 10.5. The molecular weight excluding hydrogens is 891 g/mol. The number of carbonyl (C=O) groups excluding carboxylic acids is 1. The molecule has 0 aromatic carbocycles. The molecule has 430 valence electrons. The summed E-state index contributed by atoms with van der Waals surface area (Å²) in [5.41, 5.74) is 0. The van der Waals surface area contributed by atoms with E-state index in [9.17, 15) is 15.0 Å². The number of amides is 1. The van der Waals surface area contributed by atoms with Gasteiger partial charge in [-0.25, -0.2) is 0 Å². The van der Waals surface area contributed by atoms with Crippen molar-refractivity contribution in [2.75, 3.05) is 6.61 Å². The standard InChI is InChI=1S/C69H131NO3/c1-3-5-7-9-11-13-15-17-19-21-23-25-27-29-30-31-32-33-34-35-36-37-38-39-40-41-43-45-47-49-51-53-55-57-59-61-63-65-69(73)70-67(66-71)68(72)64-62-60-58-56-54-52-50-48-46-44-42-28-26-24-22-20-18-16-14-12-10-8-6-4-2/h15,17,21,23,27,29,62,64,67-68,71-72H,3-14,16,18-20,22,24-26,28,30-61,63,65-66H2,1-2H3,(H,70,73)/b17-15-,23-21-,29-27-,64-62+. The first-order valence-corrected chi connectivity index (χ1v) is 33.4. The van der Waals surface area contributed by atoms with Crippen molar-refractivity contribution in [2.45, 2.75) is 379 Å². The molecule has 0 aliphatic rings. The number of unbranched alkanes of at least 4 members (excludes halogenated alkanes) is 49. The van der Waals surface area contributed by atoms with E-state index >= 15 is 0 Å². The van der Waals surface area contributed by atoms with Gasteiger partial charge >= 0.3 is 0 Å². The van der Waals surface area contributed by atoms with Crippen LogP contribution in [-0.4, -0.2) is 34.9 Å². The monoisotopic (exact) mass is 1020 g/mol. The van der Waals surface area contributed by atoms with Crippen LogP contribution in [-0.2, 0) is 4.79 Å². The molecule has 0 aliphatic carbocycles. The van der Waals surface area contributed by atoms with Crippen LogP contribution in [0, 0.1) is 0 Å². The van der Waals surface area contributed by atoms with Crippen LogP contribution < -0.4 is 5.32 Å². The number of aliphatic hydroxyl groups excluding tert-OH is 2. The summed E-state index contributed by atoms with van der Waals surface area (Å²) in [7, 11) is 0. The van der Waals surface area contributed by atoms with Gasteiger partial charge in [-0.2, -0.15) is 0 Å². The first-order chi connectivity index (χ1) is 36.2. The molecule has 0 saturated carbocycles. The zero-order chi connectivity index (χ0) is 52.7. The van der Waals surface area contributed by atoms with Gasteiger partial charge in [0.2, 0.25) is 5.91 Å². The molecule has 0 aromatic heterocycles. The molecule has 73 heavy (non-hydrogen) atoms. The van der Waals surface area contributed by atoms with Gasteiger partial charge in [0.1, 0.15) is 0 Å². The lowest BCUT2D eigenvalue weighted by molar-refractivity contribution is -0.123. The maximum Gasteiger partial charge on any atom is 0.220 e. The van der Waals surface area contributed by atoms with Gasteiger partial charge < -0.3 is 15.5 Å². The van der Waals surface area contributed by atoms with Crippen molar-refractivity contribution in [2.24, 2.45) is 0 Å². The number of nitrogens with one attached hydrogen (secondary N) is 1. The first kappa shape index (κ1) is 71.3. The van der Waals surface area contributed by atoms with E-state index in [1.54, 1.807) is 6.08 Å². The summed E-state index contributed by atoms with van der Waals surface area (Å²) in [5.74, 6) is -0.0569. The summed E-state index contributed by atoms with van der Waals surface area (Å²) < 4.78 is 0. The second-order valence-electron chi connectivity index (χ2n) is 22.9. The molecular formula is C69H131NO3. The predicted octanol–water partition coefficient (Wildman–Crippen LogP) is 22.5. The average molecular weight is 1020 g/mol. The molecule has 1 amide bonds. The molecule has 4 nitrogen and oxygen atoms in total. The highest BCUT2D eigenvalue weighted by molar-refractivity contribution is 5.76. The second-order valence-corrected chi connectivity index (χ2v) is 22.9. The number of hydrogen-bond donors (Lipinski definition) is 3. The van der Waals surface area contributed by atoms with Crippen molar-refractivity contribution < 1.29 is 15.0 Å². The van der Waals surface area contributed by atoms with E-state index in [4.69, 9.17) is 0 Å². The van der Waals surface area contributed by atoms with Crippen LogP contribution in [0.4, 0.5) is 0 Å². The lowest BCUT2D eigenvalue weighted by Gasteiger charge is -2.20. The number of aliphatic hydroxyl groups is 2. The van der Waals surface area contributed by atoms with Crippen molar-refractivity contribution >= 4 is 5.91 Å². The minimum Gasteiger partial charge on any atom is -0.394 e. The number of carbonyl (C=O) groups is 1. The largest absolute Gasteiger partial charge is 0.394 e. The highest BCUT2D eigenvalue weighted by Gasteiger charge is 2.18. The fraction of sp³-hybridized carbons (Fsp3) is 0.870. The maximum atomic E-state index is 12.5. The van der Waals surface area contributed by atoms with Gasteiger partial charge in [0.15, 0.2) is 0 Å². The van der Waals surface area contributed by atoms with E-state index in [1.165, 1.54) is 308 Å². The van der Waals surface area contributed by atoms with Crippen LogP contribution in [0.3, 0.4) is 0 Å². The van der Waals surface area contributed by atoms with Gasteiger partial charge in [0.25, 0.3) is 0 Å². The predicted molar refractivity (Wildman–Crippen MR) is 327 cm³/mol. The second kappa shape index (κ2) is 64.6. The fourth-order valence-corrected chi connectivity index (χ4v) is 10.5. The third-order valence-electron chi connectivity index (χ3n) is 15.6. The van der Waals surface area contributed by atoms with E-state index < -0.39 is 12.1 Å². The van der Waals surface area contributed by atoms with Crippen molar-refractivity contribution in [1.82, 2.24) is 5.32 Å². The molecule has 0 spiro atoms. The molecule has 3 N–H and O–H groups in total.